The molecule has 0 bridgehead atoms. The third-order valence-corrected chi connectivity index (χ3v) is 4.61. The Balaban J connectivity index is 2.13. The SMILES string of the molecule is COCCC(C)(O)CNC(=O)CSCc1cccs1. The fourth-order valence-electron chi connectivity index (χ4n) is 1.39. The van der Waals surface area contributed by atoms with Gasteiger partial charge in [0.1, 0.15) is 0 Å². The second-order valence-corrected chi connectivity index (χ2v) is 6.61. The largest absolute Gasteiger partial charge is 0.388 e. The zero-order valence-corrected chi connectivity index (χ0v) is 13.0. The predicted molar refractivity (Wildman–Crippen MR) is 80.6 cm³/mol. The van der Waals surface area contributed by atoms with Gasteiger partial charge in [0.15, 0.2) is 0 Å². The first-order valence-electron chi connectivity index (χ1n) is 6.11. The summed E-state index contributed by atoms with van der Waals surface area (Å²) in [5.41, 5.74) is -0.913. The van der Waals surface area contributed by atoms with Crippen LogP contribution in [0.2, 0.25) is 0 Å². The van der Waals surface area contributed by atoms with Crippen LogP contribution in [-0.2, 0) is 15.3 Å². The normalized spacial score (nSPS) is 14.1. The van der Waals surface area contributed by atoms with Gasteiger partial charge in [0, 0.05) is 37.3 Å². The van der Waals surface area contributed by atoms with Crippen molar-refractivity contribution < 1.29 is 14.6 Å². The van der Waals surface area contributed by atoms with Crippen molar-refractivity contribution in [3.8, 4) is 0 Å². The number of rotatable bonds is 9. The number of ether oxygens (including phenoxy) is 1. The van der Waals surface area contributed by atoms with Crippen LogP contribution in [-0.4, -0.2) is 42.6 Å². The maximum atomic E-state index is 11.6. The van der Waals surface area contributed by atoms with E-state index < -0.39 is 5.60 Å². The highest BCUT2D eigenvalue weighted by Gasteiger charge is 2.20. The van der Waals surface area contributed by atoms with Gasteiger partial charge in [-0.15, -0.1) is 23.1 Å². The van der Waals surface area contributed by atoms with Crippen molar-refractivity contribution in [2.75, 3.05) is 26.0 Å². The van der Waals surface area contributed by atoms with Gasteiger partial charge in [0.2, 0.25) is 5.91 Å². The summed E-state index contributed by atoms with van der Waals surface area (Å²) in [6, 6.07) is 4.07. The van der Waals surface area contributed by atoms with Gasteiger partial charge in [-0.25, -0.2) is 0 Å². The zero-order valence-electron chi connectivity index (χ0n) is 11.3. The molecule has 1 rings (SSSR count). The maximum Gasteiger partial charge on any atom is 0.230 e. The molecule has 1 heterocycles. The minimum atomic E-state index is -0.913. The summed E-state index contributed by atoms with van der Waals surface area (Å²) < 4.78 is 4.92. The molecule has 6 heteroatoms. The summed E-state index contributed by atoms with van der Waals surface area (Å²) in [7, 11) is 1.59. The van der Waals surface area contributed by atoms with Gasteiger partial charge in [-0.3, -0.25) is 4.79 Å². The second kappa shape index (κ2) is 8.58. The van der Waals surface area contributed by atoms with Gasteiger partial charge >= 0.3 is 0 Å². The van der Waals surface area contributed by atoms with Gasteiger partial charge in [-0.2, -0.15) is 0 Å². The van der Waals surface area contributed by atoms with Crippen molar-refractivity contribution in [2.45, 2.75) is 24.7 Å². The quantitative estimate of drug-likeness (QED) is 0.731. The van der Waals surface area contributed by atoms with E-state index in [4.69, 9.17) is 4.74 Å². The summed E-state index contributed by atoms with van der Waals surface area (Å²) >= 11 is 3.27. The molecule has 1 aromatic rings. The standard InChI is InChI=1S/C13H21NO3S2/c1-13(16,5-6-17-2)10-14-12(15)9-18-8-11-4-3-7-19-11/h3-4,7,16H,5-6,8-10H2,1-2H3,(H,14,15). The van der Waals surface area contributed by atoms with Crippen LogP contribution in [0.15, 0.2) is 17.5 Å². The van der Waals surface area contributed by atoms with E-state index >= 15 is 0 Å². The van der Waals surface area contributed by atoms with E-state index in [1.165, 1.54) is 4.88 Å². The van der Waals surface area contributed by atoms with Crippen LogP contribution in [0, 0.1) is 0 Å². The number of aliphatic hydroxyl groups is 1. The molecule has 1 aromatic heterocycles. The van der Waals surface area contributed by atoms with Crippen LogP contribution in [0.3, 0.4) is 0 Å². The molecule has 0 aromatic carbocycles. The number of thiophene rings is 1. The average Bonchev–Trinajstić information content (AvgIpc) is 2.87. The molecule has 19 heavy (non-hydrogen) atoms. The van der Waals surface area contributed by atoms with E-state index in [2.05, 4.69) is 11.4 Å². The molecule has 0 fully saturated rings. The first kappa shape index (κ1) is 16.5. The van der Waals surface area contributed by atoms with E-state index in [1.807, 2.05) is 11.4 Å². The number of hydrogen-bond acceptors (Lipinski definition) is 5. The van der Waals surface area contributed by atoms with Crippen LogP contribution >= 0.6 is 23.1 Å². The van der Waals surface area contributed by atoms with E-state index in [-0.39, 0.29) is 12.5 Å². The highest BCUT2D eigenvalue weighted by Crippen LogP contribution is 2.16. The van der Waals surface area contributed by atoms with Crippen molar-refractivity contribution in [3.05, 3.63) is 22.4 Å². The fraction of sp³-hybridized carbons (Fsp3) is 0.615. The fourth-order valence-corrected chi connectivity index (χ4v) is 3.09. The Labute approximate surface area is 122 Å². The summed E-state index contributed by atoms with van der Waals surface area (Å²) in [5, 5.41) is 14.8. The number of carbonyl (C=O) groups excluding carboxylic acids is 1. The lowest BCUT2D eigenvalue weighted by Gasteiger charge is -2.23. The molecule has 108 valence electrons. The van der Waals surface area contributed by atoms with E-state index in [9.17, 15) is 9.90 Å². The van der Waals surface area contributed by atoms with Crippen LogP contribution in [0.5, 0.6) is 0 Å². The Bertz CT molecular complexity index is 366. The Hall–Kier alpha value is -0.560. The van der Waals surface area contributed by atoms with Crippen LogP contribution in [0.4, 0.5) is 0 Å². The van der Waals surface area contributed by atoms with Gasteiger partial charge in [0.25, 0.3) is 0 Å². The molecule has 0 spiro atoms. The average molecular weight is 303 g/mol. The summed E-state index contributed by atoms with van der Waals surface area (Å²) in [4.78, 5) is 12.9. The monoisotopic (exact) mass is 303 g/mol. The highest BCUT2D eigenvalue weighted by atomic mass is 32.2. The number of hydrogen-bond donors (Lipinski definition) is 2. The van der Waals surface area contributed by atoms with E-state index in [0.29, 0.717) is 18.8 Å². The summed E-state index contributed by atoms with van der Waals surface area (Å²) in [6.07, 6.45) is 0.506. The molecule has 1 atom stereocenters. The lowest BCUT2D eigenvalue weighted by molar-refractivity contribution is -0.119. The third kappa shape index (κ3) is 7.57. The van der Waals surface area contributed by atoms with Gasteiger partial charge < -0.3 is 15.2 Å². The highest BCUT2D eigenvalue weighted by molar-refractivity contribution is 7.99. The van der Waals surface area contributed by atoms with Crippen molar-refractivity contribution >= 4 is 29.0 Å². The van der Waals surface area contributed by atoms with Crippen LogP contribution in [0.1, 0.15) is 18.2 Å². The predicted octanol–water partition coefficient (Wildman–Crippen LogP) is 1.89. The lowest BCUT2D eigenvalue weighted by Crippen LogP contribution is -2.42. The lowest BCUT2D eigenvalue weighted by atomic mass is 10.0. The van der Waals surface area contributed by atoms with Gasteiger partial charge in [-0.05, 0) is 18.4 Å². The van der Waals surface area contributed by atoms with Gasteiger partial charge in [0.05, 0.1) is 11.4 Å². The van der Waals surface area contributed by atoms with Crippen molar-refractivity contribution in [2.24, 2.45) is 0 Å². The zero-order chi connectivity index (χ0) is 14.1. The first-order chi connectivity index (χ1) is 9.03. The van der Waals surface area contributed by atoms with Crippen molar-refractivity contribution in [1.82, 2.24) is 5.32 Å². The van der Waals surface area contributed by atoms with Crippen molar-refractivity contribution in [3.63, 3.8) is 0 Å². The number of nitrogens with one attached hydrogen (secondary N) is 1. The Morgan fingerprint density at radius 1 is 1.63 bits per heavy atom. The minimum absolute atomic E-state index is 0.0424. The molecule has 2 N–H and O–H groups in total. The number of carbonyl (C=O) groups is 1. The molecule has 0 aliphatic carbocycles. The second-order valence-electron chi connectivity index (χ2n) is 4.59. The smallest absolute Gasteiger partial charge is 0.230 e. The first-order valence-corrected chi connectivity index (χ1v) is 8.15. The summed E-state index contributed by atoms with van der Waals surface area (Å²) in [6.45, 7) is 2.44. The van der Waals surface area contributed by atoms with E-state index in [0.717, 1.165) is 5.75 Å². The molecular formula is C13H21NO3S2. The molecule has 1 unspecified atom stereocenters. The van der Waals surface area contributed by atoms with E-state index in [1.54, 1.807) is 37.1 Å². The van der Waals surface area contributed by atoms with Gasteiger partial charge in [-0.1, -0.05) is 6.07 Å². The maximum absolute atomic E-state index is 11.6. The Kier molecular flexibility index (Phi) is 7.45. The van der Waals surface area contributed by atoms with Crippen molar-refractivity contribution in [1.29, 1.82) is 0 Å². The topological polar surface area (TPSA) is 58.6 Å². The number of amides is 1. The molecular weight excluding hydrogens is 282 g/mol. The Morgan fingerprint density at radius 3 is 3.05 bits per heavy atom. The van der Waals surface area contributed by atoms with Crippen LogP contribution in [0.25, 0.3) is 0 Å². The third-order valence-electron chi connectivity index (χ3n) is 2.57. The molecule has 0 aliphatic rings. The Morgan fingerprint density at radius 2 is 2.42 bits per heavy atom. The number of thioether (sulfide) groups is 1. The molecule has 4 nitrogen and oxygen atoms in total. The molecule has 1 amide bonds. The molecule has 0 saturated carbocycles. The molecule has 0 radical (unpaired) electrons. The molecule has 0 saturated heterocycles. The number of methoxy groups -OCH3 is 1. The molecule has 0 aliphatic heterocycles. The minimum Gasteiger partial charge on any atom is -0.388 e. The summed E-state index contributed by atoms with van der Waals surface area (Å²) in [5.74, 6) is 1.22. The van der Waals surface area contributed by atoms with Crippen LogP contribution < -0.4 is 5.32 Å².